The molecule has 0 rings (SSSR count). The number of carbonyl (C=O) groups is 4. The number of aliphatic hydroxyl groups excluding tert-OH is 2. The molecule has 0 heterocycles. The summed E-state index contributed by atoms with van der Waals surface area (Å²) in [5, 5.41) is 34.0. The van der Waals surface area contributed by atoms with Crippen LogP contribution in [0.25, 0.3) is 0 Å². The van der Waals surface area contributed by atoms with Crippen molar-refractivity contribution < 1.29 is 34.5 Å². The van der Waals surface area contributed by atoms with Gasteiger partial charge in [-0.3, -0.25) is 14.4 Å². The molecule has 4 unspecified atom stereocenters. The Morgan fingerprint density at radius 3 is 1.71 bits per heavy atom. The lowest BCUT2D eigenvalue weighted by atomic mass is 10.00. The Bertz CT molecular complexity index is 554. The van der Waals surface area contributed by atoms with Crippen LogP contribution in [0.4, 0.5) is 0 Å². The molecule has 0 aliphatic heterocycles. The molecule has 0 aliphatic rings. The minimum absolute atomic E-state index is 0.184. The summed E-state index contributed by atoms with van der Waals surface area (Å²) >= 11 is 0. The van der Waals surface area contributed by atoms with Crippen LogP contribution >= 0.6 is 0 Å². The number of rotatable bonds is 12. The van der Waals surface area contributed by atoms with Crippen molar-refractivity contribution in [2.75, 3.05) is 13.2 Å². The van der Waals surface area contributed by atoms with Gasteiger partial charge in [-0.05, 0) is 18.3 Å². The van der Waals surface area contributed by atoms with Crippen LogP contribution in [0.1, 0.15) is 34.1 Å². The maximum Gasteiger partial charge on any atom is 0.328 e. The molecule has 0 saturated carbocycles. The third-order valence-electron chi connectivity index (χ3n) is 3.92. The van der Waals surface area contributed by atoms with Crippen molar-refractivity contribution in [1.82, 2.24) is 16.0 Å². The van der Waals surface area contributed by atoms with Gasteiger partial charge in [-0.2, -0.15) is 0 Å². The summed E-state index contributed by atoms with van der Waals surface area (Å²) in [6.45, 7) is 5.51. The smallest absolute Gasteiger partial charge is 0.328 e. The number of hydrogen-bond acceptors (Lipinski definition) is 7. The van der Waals surface area contributed by atoms with Crippen LogP contribution in [-0.4, -0.2) is 76.4 Å². The zero-order valence-electron chi connectivity index (χ0n) is 16.6. The van der Waals surface area contributed by atoms with Crippen molar-refractivity contribution in [1.29, 1.82) is 0 Å². The number of amides is 3. The minimum atomic E-state index is -1.58. The SMILES string of the molecule is CC(C)CC(N)C(=O)NC(C(=O)NC(CO)C(=O)NC(CO)C(=O)O)C(C)C. The van der Waals surface area contributed by atoms with E-state index in [2.05, 4.69) is 10.6 Å². The third kappa shape index (κ3) is 8.63. The Labute approximate surface area is 164 Å². The second-order valence-electron chi connectivity index (χ2n) is 7.29. The molecule has 3 amide bonds. The summed E-state index contributed by atoms with van der Waals surface area (Å²) in [6.07, 6.45) is 0.428. The molecule has 8 N–H and O–H groups in total. The highest BCUT2D eigenvalue weighted by Crippen LogP contribution is 2.06. The van der Waals surface area contributed by atoms with E-state index in [4.69, 9.17) is 15.9 Å². The molecule has 0 spiro atoms. The summed E-state index contributed by atoms with van der Waals surface area (Å²) in [4.78, 5) is 47.6. The van der Waals surface area contributed by atoms with Crippen LogP contribution in [0.5, 0.6) is 0 Å². The summed E-state index contributed by atoms with van der Waals surface area (Å²) in [6, 6.07) is -4.84. The highest BCUT2D eigenvalue weighted by Gasteiger charge is 2.31. The summed E-state index contributed by atoms with van der Waals surface area (Å²) in [5.41, 5.74) is 5.81. The van der Waals surface area contributed by atoms with E-state index in [1.165, 1.54) is 0 Å². The molecule has 0 saturated heterocycles. The molecular formula is C17H32N4O7. The Morgan fingerprint density at radius 1 is 0.821 bits per heavy atom. The molecule has 0 aromatic heterocycles. The molecule has 4 atom stereocenters. The van der Waals surface area contributed by atoms with Gasteiger partial charge in [0.05, 0.1) is 19.3 Å². The lowest BCUT2D eigenvalue weighted by molar-refractivity contribution is -0.143. The van der Waals surface area contributed by atoms with E-state index in [1.807, 2.05) is 19.2 Å². The van der Waals surface area contributed by atoms with Crippen LogP contribution in [0.3, 0.4) is 0 Å². The van der Waals surface area contributed by atoms with Gasteiger partial charge in [-0.1, -0.05) is 27.7 Å². The Hall–Kier alpha value is -2.24. The van der Waals surface area contributed by atoms with E-state index >= 15 is 0 Å². The molecule has 0 aromatic carbocycles. The van der Waals surface area contributed by atoms with Gasteiger partial charge in [0, 0.05) is 0 Å². The van der Waals surface area contributed by atoms with Gasteiger partial charge in [0.15, 0.2) is 0 Å². The third-order valence-corrected chi connectivity index (χ3v) is 3.92. The molecule has 0 fully saturated rings. The Morgan fingerprint density at radius 2 is 1.32 bits per heavy atom. The monoisotopic (exact) mass is 404 g/mol. The Kier molecular flexibility index (Phi) is 11.3. The predicted molar refractivity (Wildman–Crippen MR) is 99.9 cm³/mol. The molecule has 11 heteroatoms. The molecule has 28 heavy (non-hydrogen) atoms. The lowest BCUT2D eigenvalue weighted by Crippen LogP contribution is -2.59. The van der Waals surface area contributed by atoms with Gasteiger partial charge >= 0.3 is 5.97 Å². The molecule has 0 aliphatic carbocycles. The van der Waals surface area contributed by atoms with Crippen molar-refractivity contribution in [2.24, 2.45) is 17.6 Å². The second kappa shape index (κ2) is 12.3. The van der Waals surface area contributed by atoms with Gasteiger partial charge < -0.3 is 37.0 Å². The van der Waals surface area contributed by atoms with Crippen LogP contribution in [-0.2, 0) is 19.2 Å². The largest absolute Gasteiger partial charge is 0.480 e. The number of aliphatic hydroxyl groups is 2. The fraction of sp³-hybridized carbons (Fsp3) is 0.765. The maximum absolute atomic E-state index is 12.5. The van der Waals surface area contributed by atoms with Crippen LogP contribution in [0, 0.1) is 11.8 Å². The lowest BCUT2D eigenvalue weighted by Gasteiger charge is -2.26. The number of nitrogens with two attached hydrogens (primary N) is 1. The molecular weight excluding hydrogens is 372 g/mol. The fourth-order valence-electron chi connectivity index (χ4n) is 2.32. The molecule has 11 nitrogen and oxygen atoms in total. The van der Waals surface area contributed by atoms with Crippen molar-refractivity contribution in [2.45, 2.75) is 58.3 Å². The van der Waals surface area contributed by atoms with Crippen LogP contribution in [0.15, 0.2) is 0 Å². The standard InChI is InChI=1S/C17H32N4O7/c1-8(2)5-10(18)14(24)21-13(9(3)4)16(26)19-11(6-22)15(25)20-12(7-23)17(27)28/h8-13,22-23H,5-7,18H2,1-4H3,(H,19,26)(H,20,25)(H,21,24)(H,27,28). The highest BCUT2D eigenvalue weighted by atomic mass is 16.4. The first-order chi connectivity index (χ1) is 12.9. The topological polar surface area (TPSA) is 191 Å². The fourth-order valence-corrected chi connectivity index (χ4v) is 2.32. The summed E-state index contributed by atoms with van der Waals surface area (Å²) in [7, 11) is 0. The molecule has 0 aromatic rings. The van der Waals surface area contributed by atoms with E-state index < -0.39 is 61.1 Å². The maximum atomic E-state index is 12.5. The first-order valence-corrected chi connectivity index (χ1v) is 9.05. The average Bonchev–Trinajstić information content (AvgIpc) is 2.59. The van der Waals surface area contributed by atoms with Gasteiger partial charge in [-0.25, -0.2) is 4.79 Å². The van der Waals surface area contributed by atoms with Crippen LogP contribution in [0.2, 0.25) is 0 Å². The second-order valence-corrected chi connectivity index (χ2v) is 7.29. The van der Waals surface area contributed by atoms with Crippen LogP contribution < -0.4 is 21.7 Å². The zero-order valence-corrected chi connectivity index (χ0v) is 16.6. The number of hydrogen-bond donors (Lipinski definition) is 7. The molecule has 162 valence electrons. The molecule has 0 radical (unpaired) electrons. The van der Waals surface area contributed by atoms with Crippen molar-refractivity contribution in [3.63, 3.8) is 0 Å². The zero-order chi connectivity index (χ0) is 22.0. The normalized spacial score (nSPS) is 15.5. The van der Waals surface area contributed by atoms with E-state index in [1.54, 1.807) is 13.8 Å². The number of aliphatic carboxylic acids is 1. The molecule has 0 bridgehead atoms. The number of nitrogens with one attached hydrogen (secondary N) is 3. The van der Waals surface area contributed by atoms with Crippen molar-refractivity contribution in [3.05, 3.63) is 0 Å². The van der Waals surface area contributed by atoms with E-state index in [9.17, 15) is 24.3 Å². The summed E-state index contributed by atoms with van der Waals surface area (Å²) < 4.78 is 0. The van der Waals surface area contributed by atoms with Crippen molar-refractivity contribution in [3.8, 4) is 0 Å². The summed E-state index contributed by atoms with van der Waals surface area (Å²) in [5.74, 6) is -3.86. The first kappa shape index (κ1) is 25.8. The highest BCUT2D eigenvalue weighted by molar-refractivity contribution is 5.94. The first-order valence-electron chi connectivity index (χ1n) is 9.05. The van der Waals surface area contributed by atoms with Gasteiger partial charge in [0.2, 0.25) is 17.7 Å². The van der Waals surface area contributed by atoms with Crippen molar-refractivity contribution >= 4 is 23.7 Å². The minimum Gasteiger partial charge on any atom is -0.480 e. The van der Waals surface area contributed by atoms with E-state index in [0.717, 1.165) is 0 Å². The number of carbonyl (C=O) groups excluding carboxylic acids is 3. The Balaban J connectivity index is 5.07. The van der Waals surface area contributed by atoms with Gasteiger partial charge in [0.1, 0.15) is 18.1 Å². The quantitative estimate of drug-likeness (QED) is 0.186. The number of carboxylic acids is 1. The van der Waals surface area contributed by atoms with E-state index in [-0.39, 0.29) is 11.8 Å². The predicted octanol–water partition coefficient (Wildman–Crippen LogP) is -2.46. The average molecular weight is 404 g/mol. The number of carboxylic acid groups (broad SMARTS) is 1. The van der Waals surface area contributed by atoms with E-state index in [0.29, 0.717) is 6.42 Å². The van der Waals surface area contributed by atoms with Gasteiger partial charge in [0.25, 0.3) is 0 Å². The van der Waals surface area contributed by atoms with Gasteiger partial charge in [-0.15, -0.1) is 0 Å².